The van der Waals surface area contributed by atoms with Crippen LogP contribution in [0.5, 0.6) is 11.5 Å². The first-order valence-corrected chi connectivity index (χ1v) is 10.8. The van der Waals surface area contributed by atoms with Crippen LogP contribution in [0.1, 0.15) is 44.8 Å². The number of nitrogens with one attached hydrogen (secondary N) is 1. The number of ether oxygens (including phenoxy) is 1. The molecule has 3 aromatic rings. The second kappa shape index (κ2) is 9.22. The summed E-state index contributed by atoms with van der Waals surface area (Å²) in [5.41, 5.74) is 1.74. The molecule has 6 heteroatoms. The molecule has 1 atom stereocenters. The average molecular weight is 431 g/mol. The molecule has 1 aliphatic rings. The summed E-state index contributed by atoms with van der Waals surface area (Å²) in [6, 6.07) is 18.3. The number of amides is 1. The Morgan fingerprint density at radius 1 is 1.00 bits per heavy atom. The van der Waals surface area contributed by atoms with Crippen LogP contribution in [0.25, 0.3) is 0 Å². The lowest BCUT2D eigenvalue weighted by molar-refractivity contribution is 0.0635. The summed E-state index contributed by atoms with van der Waals surface area (Å²) in [5.74, 6) is 0.784. The maximum Gasteiger partial charge on any atom is 0.261 e. The van der Waals surface area contributed by atoms with Gasteiger partial charge in [0, 0.05) is 30.3 Å². The summed E-state index contributed by atoms with van der Waals surface area (Å²) < 4.78 is 5.79. The minimum absolute atomic E-state index is 0.00305. The standard InChI is InChI=1S/C26H26N2O4/c1-17-15-18(2)27-25(30)23(17)26(31)28-14-6-7-20(16-28)24(29)19-10-12-22(13-11-19)32-21-8-4-3-5-9-21/h3-5,8-13,15,20H,6-7,14,16H2,1-2H3,(H,27,30). The van der Waals surface area contributed by atoms with E-state index in [0.717, 1.165) is 17.9 Å². The number of piperidine rings is 1. The molecule has 1 unspecified atom stereocenters. The van der Waals surface area contributed by atoms with E-state index in [1.54, 1.807) is 49.1 Å². The van der Waals surface area contributed by atoms with E-state index in [4.69, 9.17) is 4.74 Å². The molecule has 0 spiro atoms. The van der Waals surface area contributed by atoms with E-state index in [0.29, 0.717) is 36.4 Å². The van der Waals surface area contributed by atoms with E-state index in [1.807, 2.05) is 30.3 Å². The van der Waals surface area contributed by atoms with Crippen LogP contribution in [0.2, 0.25) is 0 Å². The molecule has 2 heterocycles. The van der Waals surface area contributed by atoms with Crippen molar-refractivity contribution in [2.24, 2.45) is 5.92 Å². The third-order valence-electron chi connectivity index (χ3n) is 5.78. The summed E-state index contributed by atoms with van der Waals surface area (Å²) in [7, 11) is 0. The van der Waals surface area contributed by atoms with E-state index in [-0.39, 0.29) is 28.7 Å². The molecule has 0 radical (unpaired) electrons. The molecule has 1 amide bonds. The molecule has 32 heavy (non-hydrogen) atoms. The fraction of sp³-hybridized carbons (Fsp3) is 0.269. The van der Waals surface area contributed by atoms with E-state index >= 15 is 0 Å². The molecule has 1 aromatic heterocycles. The van der Waals surface area contributed by atoms with Crippen molar-refractivity contribution in [1.29, 1.82) is 0 Å². The van der Waals surface area contributed by atoms with E-state index < -0.39 is 0 Å². The van der Waals surface area contributed by atoms with Crippen molar-refractivity contribution in [3.8, 4) is 11.5 Å². The second-order valence-corrected chi connectivity index (χ2v) is 8.23. The van der Waals surface area contributed by atoms with Gasteiger partial charge in [-0.3, -0.25) is 14.4 Å². The fourth-order valence-electron chi connectivity index (χ4n) is 4.20. The number of Topliss-reactive ketones (excluding diaryl/α,β-unsaturated/α-hetero) is 1. The minimum atomic E-state index is -0.380. The summed E-state index contributed by atoms with van der Waals surface area (Å²) >= 11 is 0. The lowest BCUT2D eigenvalue weighted by Gasteiger charge is -2.32. The molecule has 6 nitrogen and oxygen atoms in total. The van der Waals surface area contributed by atoms with Crippen LogP contribution in [-0.2, 0) is 0 Å². The largest absolute Gasteiger partial charge is 0.457 e. The first-order valence-electron chi connectivity index (χ1n) is 10.8. The predicted molar refractivity (Wildman–Crippen MR) is 122 cm³/mol. The molecule has 1 saturated heterocycles. The average Bonchev–Trinajstić information content (AvgIpc) is 2.79. The fourth-order valence-corrected chi connectivity index (χ4v) is 4.20. The Balaban J connectivity index is 1.46. The van der Waals surface area contributed by atoms with Gasteiger partial charge in [0.2, 0.25) is 0 Å². The summed E-state index contributed by atoms with van der Waals surface area (Å²) in [5, 5.41) is 0. The first kappa shape index (κ1) is 21.6. The number of aromatic nitrogens is 1. The number of ketones is 1. The van der Waals surface area contributed by atoms with E-state index in [1.165, 1.54) is 0 Å². The van der Waals surface area contributed by atoms with Crippen LogP contribution in [-0.4, -0.2) is 34.7 Å². The van der Waals surface area contributed by atoms with Gasteiger partial charge in [0.25, 0.3) is 11.5 Å². The molecule has 2 aromatic carbocycles. The zero-order valence-electron chi connectivity index (χ0n) is 18.3. The van der Waals surface area contributed by atoms with Crippen LogP contribution in [0.3, 0.4) is 0 Å². The van der Waals surface area contributed by atoms with Crippen molar-refractivity contribution in [2.75, 3.05) is 13.1 Å². The Bertz CT molecular complexity index is 1180. The topological polar surface area (TPSA) is 79.5 Å². The van der Waals surface area contributed by atoms with Crippen molar-refractivity contribution in [1.82, 2.24) is 9.88 Å². The van der Waals surface area contributed by atoms with Crippen molar-refractivity contribution < 1.29 is 14.3 Å². The number of carbonyl (C=O) groups is 2. The van der Waals surface area contributed by atoms with E-state index in [2.05, 4.69) is 4.98 Å². The summed E-state index contributed by atoms with van der Waals surface area (Å²) in [6.07, 6.45) is 1.44. The number of para-hydroxylation sites is 1. The summed E-state index contributed by atoms with van der Waals surface area (Å²) in [4.78, 5) is 42.9. The number of H-pyrrole nitrogens is 1. The zero-order chi connectivity index (χ0) is 22.7. The van der Waals surface area contributed by atoms with Crippen LogP contribution in [0.15, 0.2) is 65.5 Å². The van der Waals surface area contributed by atoms with Crippen molar-refractivity contribution in [2.45, 2.75) is 26.7 Å². The van der Waals surface area contributed by atoms with Crippen LogP contribution in [0.4, 0.5) is 0 Å². The van der Waals surface area contributed by atoms with Crippen molar-refractivity contribution >= 4 is 11.7 Å². The number of aryl methyl sites for hydroxylation is 2. The van der Waals surface area contributed by atoms with Crippen molar-refractivity contribution in [3.05, 3.63) is 93.4 Å². The normalized spacial score (nSPS) is 15.9. The zero-order valence-corrected chi connectivity index (χ0v) is 18.3. The third-order valence-corrected chi connectivity index (χ3v) is 5.78. The minimum Gasteiger partial charge on any atom is -0.457 e. The monoisotopic (exact) mass is 430 g/mol. The number of hydrogen-bond acceptors (Lipinski definition) is 4. The highest BCUT2D eigenvalue weighted by Gasteiger charge is 2.31. The highest BCUT2D eigenvalue weighted by Crippen LogP contribution is 2.25. The second-order valence-electron chi connectivity index (χ2n) is 8.23. The lowest BCUT2D eigenvalue weighted by atomic mass is 9.89. The molecule has 0 aliphatic carbocycles. The molecule has 164 valence electrons. The highest BCUT2D eigenvalue weighted by molar-refractivity contribution is 5.99. The number of aromatic amines is 1. The number of benzene rings is 2. The molecule has 1 N–H and O–H groups in total. The quantitative estimate of drug-likeness (QED) is 0.604. The number of pyridine rings is 1. The number of carbonyl (C=O) groups excluding carboxylic acids is 2. The Labute approximate surface area is 186 Å². The van der Waals surface area contributed by atoms with Crippen molar-refractivity contribution in [3.63, 3.8) is 0 Å². The molecule has 1 aliphatic heterocycles. The van der Waals surface area contributed by atoms with Crippen LogP contribution in [0, 0.1) is 19.8 Å². The molecule has 0 bridgehead atoms. The van der Waals surface area contributed by atoms with Gasteiger partial charge in [-0.05, 0) is 74.7 Å². The maximum absolute atomic E-state index is 13.1. The van der Waals surface area contributed by atoms with Gasteiger partial charge in [0.15, 0.2) is 5.78 Å². The van der Waals surface area contributed by atoms with Gasteiger partial charge in [-0.1, -0.05) is 18.2 Å². The number of rotatable bonds is 5. The molecular formula is C26H26N2O4. The number of nitrogens with zero attached hydrogens (tertiary/aromatic N) is 1. The van der Waals surface area contributed by atoms with Gasteiger partial charge in [0.05, 0.1) is 0 Å². The molecule has 1 fully saturated rings. The van der Waals surface area contributed by atoms with Gasteiger partial charge in [-0.2, -0.15) is 0 Å². The molecular weight excluding hydrogens is 404 g/mol. The van der Waals surface area contributed by atoms with Crippen LogP contribution >= 0.6 is 0 Å². The Morgan fingerprint density at radius 2 is 1.69 bits per heavy atom. The number of hydrogen-bond donors (Lipinski definition) is 1. The SMILES string of the molecule is Cc1cc(C)c(C(=O)N2CCCC(C(=O)c3ccc(Oc4ccccc4)cc3)C2)c(=O)[nH]1. The van der Waals surface area contributed by atoms with E-state index in [9.17, 15) is 14.4 Å². The van der Waals surface area contributed by atoms with Gasteiger partial charge in [-0.15, -0.1) is 0 Å². The maximum atomic E-state index is 13.1. The van der Waals surface area contributed by atoms with Gasteiger partial charge in [-0.25, -0.2) is 0 Å². The lowest BCUT2D eigenvalue weighted by Crippen LogP contribution is -2.44. The molecule has 0 saturated carbocycles. The van der Waals surface area contributed by atoms with Gasteiger partial charge < -0.3 is 14.6 Å². The highest BCUT2D eigenvalue weighted by atomic mass is 16.5. The Hall–Kier alpha value is -3.67. The summed E-state index contributed by atoms with van der Waals surface area (Å²) in [6.45, 7) is 4.40. The van der Waals surface area contributed by atoms with Crippen LogP contribution < -0.4 is 10.3 Å². The Kier molecular flexibility index (Phi) is 6.21. The number of likely N-dealkylation sites (tertiary alicyclic amines) is 1. The van der Waals surface area contributed by atoms with Gasteiger partial charge in [0.1, 0.15) is 17.1 Å². The Morgan fingerprint density at radius 3 is 2.38 bits per heavy atom. The first-order chi connectivity index (χ1) is 15.4. The van der Waals surface area contributed by atoms with Gasteiger partial charge >= 0.3 is 0 Å². The smallest absolute Gasteiger partial charge is 0.261 e. The predicted octanol–water partition coefficient (Wildman–Crippen LogP) is 4.52. The third kappa shape index (κ3) is 4.64. The molecule has 4 rings (SSSR count).